The second-order valence-electron chi connectivity index (χ2n) is 35.5. The van der Waals surface area contributed by atoms with Crippen LogP contribution in [0.4, 0.5) is 0 Å². The highest BCUT2D eigenvalue weighted by molar-refractivity contribution is 7.46. The lowest BCUT2D eigenvalue weighted by atomic mass is 9.95. The van der Waals surface area contributed by atoms with Crippen LogP contribution in [-0.4, -0.2) is 149 Å². The van der Waals surface area contributed by atoms with Crippen LogP contribution in [0.25, 0.3) is 0 Å². The van der Waals surface area contributed by atoms with Crippen molar-refractivity contribution >= 4 is 49.4 Å². The lowest BCUT2D eigenvalue weighted by molar-refractivity contribution is -0.271. The third-order valence-electron chi connectivity index (χ3n) is 24.0. The Labute approximate surface area is 746 Å². The Morgan fingerprint density at radius 2 is 0.639 bits per heavy atom. The number of imide groups is 1. The molecule has 1 aliphatic rings. The molecule has 0 aromatic rings. The molecular formula is C99H191N4O18P. The third kappa shape index (κ3) is 72.3. The Kier molecular flexibility index (Phi) is 83.0. The lowest BCUT2D eigenvalue weighted by Gasteiger charge is -2.45. The van der Waals surface area contributed by atoms with Crippen molar-refractivity contribution in [1.82, 2.24) is 15.5 Å². The van der Waals surface area contributed by atoms with Crippen molar-refractivity contribution in [2.24, 2.45) is 5.73 Å². The topological polar surface area (TPSA) is 315 Å². The number of aliphatic hydroxyl groups is 1. The van der Waals surface area contributed by atoms with E-state index in [0.717, 1.165) is 173 Å². The summed E-state index contributed by atoms with van der Waals surface area (Å²) in [5.41, 5.74) is 6.53. The van der Waals surface area contributed by atoms with Gasteiger partial charge in [-0.2, -0.15) is 0 Å². The fourth-order valence-corrected chi connectivity index (χ4v) is 16.8. The highest BCUT2D eigenvalue weighted by atomic mass is 31.2. The van der Waals surface area contributed by atoms with Gasteiger partial charge in [0.15, 0.2) is 12.4 Å². The number of nitrogens with two attached hydrogens (primary N) is 1. The summed E-state index contributed by atoms with van der Waals surface area (Å²) in [6.45, 7) is 21.6. The van der Waals surface area contributed by atoms with E-state index in [4.69, 9.17) is 38.7 Å². The number of rotatable bonds is 87. The van der Waals surface area contributed by atoms with E-state index in [-0.39, 0.29) is 25.7 Å². The standard InChI is InChI=1S/C93H176N3O18P.C6H15N/c1-7-13-19-25-31-37-40-46-52-58-64-70-85(100)109-78(67-61-55-49-43-34-28-22-16-10-4)73-83(98)95-89-91(113-88(103)75-80(69-63-57-51-45-36-30-24-18-12-6)111-87(102)72-66-60-54-48-42-39-33-27-21-15-9-3)90(114-115(105,106)107)82(76-97)112-93(89)108-77-81(94)92(104)96-84(99)74-79(68-62-56-50-44-35-29-23-17-11-5)110-86(101)71-65-59-53-47-41-38-32-26-20-14-8-2;1-4-7(5-2)6-3/h78-82,89-91,93,97H,7-77,94H2,1-6H3,(H,95,98)(H,96,99,104)(H2,105,106,107);4-6H2,1-3H3/t78-,79-,80-,81+,82-,89-,90-,91-,93-;/m1./s1. The van der Waals surface area contributed by atoms with Gasteiger partial charge in [-0.15, -0.1) is 0 Å². The quantitative estimate of drug-likeness (QED) is 0.0143. The van der Waals surface area contributed by atoms with Crippen molar-refractivity contribution in [2.45, 2.75) is 560 Å². The van der Waals surface area contributed by atoms with Crippen LogP contribution in [0.2, 0.25) is 0 Å². The summed E-state index contributed by atoms with van der Waals surface area (Å²) in [5, 5.41) is 16.2. The first kappa shape index (κ1) is 118. The van der Waals surface area contributed by atoms with Gasteiger partial charge in [0.05, 0.1) is 32.5 Å². The minimum atomic E-state index is -5.55. The number of nitrogens with one attached hydrogen (secondary N) is 2. The number of carbonyl (C=O) groups is 7. The number of hydrogen-bond donors (Lipinski definition) is 6. The Balaban J connectivity index is 0.0000199. The molecule has 3 amide bonds. The molecule has 0 radical (unpaired) electrons. The van der Waals surface area contributed by atoms with E-state index in [1.54, 1.807) is 0 Å². The minimum Gasteiger partial charge on any atom is -0.462 e. The number of esters is 4. The van der Waals surface area contributed by atoms with Crippen LogP contribution in [0.1, 0.15) is 505 Å². The summed E-state index contributed by atoms with van der Waals surface area (Å²) >= 11 is 0. The largest absolute Gasteiger partial charge is 0.470 e. The van der Waals surface area contributed by atoms with Crippen LogP contribution < -0.4 is 16.4 Å². The van der Waals surface area contributed by atoms with Crippen molar-refractivity contribution in [1.29, 1.82) is 0 Å². The fourth-order valence-electron chi connectivity index (χ4n) is 16.2. The molecule has 0 bridgehead atoms. The zero-order valence-corrected chi connectivity index (χ0v) is 80.9. The molecule has 0 aromatic carbocycles. The number of unbranched alkanes of at least 4 members (excludes halogenated alkanes) is 54. The molecule has 0 unspecified atom stereocenters. The van der Waals surface area contributed by atoms with Gasteiger partial charge >= 0.3 is 31.7 Å². The van der Waals surface area contributed by atoms with Crippen LogP contribution in [0, 0.1) is 0 Å². The van der Waals surface area contributed by atoms with Crippen molar-refractivity contribution in [2.75, 3.05) is 32.8 Å². The molecule has 122 heavy (non-hydrogen) atoms. The molecule has 1 fully saturated rings. The maximum atomic E-state index is 14.9. The predicted octanol–water partition coefficient (Wildman–Crippen LogP) is 24.7. The zero-order valence-electron chi connectivity index (χ0n) is 80.0. The van der Waals surface area contributed by atoms with E-state index in [2.05, 4.69) is 77.8 Å². The van der Waals surface area contributed by atoms with Crippen molar-refractivity contribution in [3.05, 3.63) is 0 Å². The first-order valence-corrected chi connectivity index (χ1v) is 52.7. The molecule has 1 rings (SSSR count). The van der Waals surface area contributed by atoms with Gasteiger partial charge in [0.2, 0.25) is 17.7 Å². The molecule has 0 aliphatic carbocycles. The molecule has 23 heteroatoms. The summed E-state index contributed by atoms with van der Waals surface area (Å²) < 4.78 is 55.3. The summed E-state index contributed by atoms with van der Waals surface area (Å²) in [5.74, 6) is -4.78. The second kappa shape index (κ2) is 85.5. The van der Waals surface area contributed by atoms with Gasteiger partial charge < -0.3 is 59.3 Å². The maximum absolute atomic E-state index is 14.9. The number of aliphatic hydroxyl groups excluding tert-OH is 1. The first-order chi connectivity index (χ1) is 59.2. The Morgan fingerprint density at radius 3 is 0.910 bits per heavy atom. The molecule has 1 aliphatic heterocycles. The molecule has 720 valence electrons. The summed E-state index contributed by atoms with van der Waals surface area (Å²) in [6, 6.07) is -3.34. The normalized spacial score (nSPS) is 16.4. The van der Waals surface area contributed by atoms with Gasteiger partial charge in [0.1, 0.15) is 42.6 Å². The summed E-state index contributed by atoms with van der Waals surface area (Å²) in [4.78, 5) is 122. The van der Waals surface area contributed by atoms with E-state index >= 15 is 0 Å². The number of carbonyl (C=O) groups excluding carboxylic acids is 7. The molecule has 0 aromatic heterocycles. The number of nitrogens with zero attached hydrogens (tertiary/aromatic N) is 1. The number of phosphoric ester groups is 1. The smallest absolute Gasteiger partial charge is 0.462 e. The van der Waals surface area contributed by atoms with Gasteiger partial charge in [-0.1, -0.05) is 409 Å². The number of amides is 3. The molecule has 0 spiro atoms. The van der Waals surface area contributed by atoms with E-state index < -0.39 is 130 Å². The SMILES string of the molecule is CCCCCCCCCCCCCC(=O)O[C@H](CCCCCCCCCCC)CC(=O)NC(=O)[C@@H](N)CO[C@@H]1O[C@H](CO)[C@@H](OP(=O)(O)O)[C@H](OC(=O)C[C@@H](CCCCCCCCCCC)OC(=O)CCCCCCCCCCCCC)[C@H]1NC(=O)C[C@@H](CCCCCCCCCCC)OC(=O)CCCCCCCCCCCCC.CCN(CC)CC. The highest BCUT2D eigenvalue weighted by Crippen LogP contribution is 2.43. The van der Waals surface area contributed by atoms with Gasteiger partial charge in [-0.05, 0) is 77.4 Å². The molecule has 9 atom stereocenters. The number of ether oxygens (including phenoxy) is 6. The molecular weight excluding hydrogens is 1560 g/mol. The molecule has 22 nitrogen and oxygen atoms in total. The molecule has 1 saturated heterocycles. The van der Waals surface area contributed by atoms with Crippen LogP contribution in [0.5, 0.6) is 0 Å². The molecule has 7 N–H and O–H groups in total. The van der Waals surface area contributed by atoms with E-state index in [0.29, 0.717) is 57.8 Å². The lowest BCUT2D eigenvalue weighted by Crippen LogP contribution is -2.66. The highest BCUT2D eigenvalue weighted by Gasteiger charge is 2.52. The van der Waals surface area contributed by atoms with Crippen molar-refractivity contribution in [3.63, 3.8) is 0 Å². The van der Waals surface area contributed by atoms with Crippen LogP contribution in [0.3, 0.4) is 0 Å². The van der Waals surface area contributed by atoms with E-state index in [9.17, 15) is 53.0 Å². The van der Waals surface area contributed by atoms with Gasteiger partial charge in [-0.3, -0.25) is 43.4 Å². The average molecular weight is 1760 g/mol. The van der Waals surface area contributed by atoms with Crippen LogP contribution in [-0.2, 0) is 71.1 Å². The van der Waals surface area contributed by atoms with Gasteiger partial charge in [-0.25, -0.2) is 4.57 Å². The Hall–Kier alpha value is -3.60. The number of hydrogen-bond acceptors (Lipinski definition) is 18. The maximum Gasteiger partial charge on any atom is 0.470 e. The molecule has 0 saturated carbocycles. The average Bonchev–Trinajstić information content (AvgIpc) is 0.779. The predicted molar refractivity (Wildman–Crippen MR) is 497 cm³/mol. The van der Waals surface area contributed by atoms with Crippen LogP contribution >= 0.6 is 7.82 Å². The Morgan fingerprint density at radius 1 is 0.369 bits per heavy atom. The second-order valence-corrected chi connectivity index (χ2v) is 36.7. The zero-order chi connectivity index (χ0) is 90.0. The minimum absolute atomic E-state index is 0.141. The fraction of sp³-hybridized carbons (Fsp3) is 0.929. The van der Waals surface area contributed by atoms with E-state index in [1.165, 1.54) is 193 Å². The monoisotopic (exact) mass is 1760 g/mol. The van der Waals surface area contributed by atoms with E-state index in [1.807, 2.05) is 0 Å². The van der Waals surface area contributed by atoms with Crippen LogP contribution in [0.15, 0.2) is 0 Å². The summed E-state index contributed by atoms with van der Waals surface area (Å²) in [6.07, 6.45) is 55.0. The Bertz CT molecular complexity index is 2490. The van der Waals surface area contributed by atoms with Crippen molar-refractivity contribution < 1.29 is 86.0 Å². The van der Waals surface area contributed by atoms with Crippen molar-refractivity contribution in [3.8, 4) is 0 Å². The first-order valence-electron chi connectivity index (χ1n) is 51.2. The summed E-state index contributed by atoms with van der Waals surface area (Å²) in [7, 11) is -5.55. The molecule has 1 heterocycles. The van der Waals surface area contributed by atoms with Gasteiger partial charge in [0, 0.05) is 19.3 Å². The number of phosphoric acid groups is 1. The third-order valence-corrected chi connectivity index (χ3v) is 24.5. The van der Waals surface area contributed by atoms with Gasteiger partial charge in [0.25, 0.3) is 0 Å².